The SMILES string of the molecule is COc1ccc(C2(OC)CCN(C)CC2)cc1N. The first-order valence-electron chi connectivity index (χ1n) is 6.29. The number of ether oxygens (including phenoxy) is 2. The summed E-state index contributed by atoms with van der Waals surface area (Å²) in [6, 6.07) is 5.96. The highest BCUT2D eigenvalue weighted by Crippen LogP contribution is 2.38. The number of piperidine rings is 1. The van der Waals surface area contributed by atoms with E-state index in [0.29, 0.717) is 5.69 Å². The molecule has 0 amide bonds. The van der Waals surface area contributed by atoms with Gasteiger partial charge in [0.15, 0.2) is 0 Å². The molecule has 0 radical (unpaired) electrons. The van der Waals surface area contributed by atoms with Crippen LogP contribution in [0.2, 0.25) is 0 Å². The van der Waals surface area contributed by atoms with Crippen LogP contribution >= 0.6 is 0 Å². The van der Waals surface area contributed by atoms with Crippen LogP contribution in [-0.4, -0.2) is 39.3 Å². The molecular formula is C14H22N2O2. The van der Waals surface area contributed by atoms with Gasteiger partial charge in [-0.15, -0.1) is 0 Å². The minimum Gasteiger partial charge on any atom is -0.495 e. The Balaban J connectivity index is 2.30. The van der Waals surface area contributed by atoms with Gasteiger partial charge in [0.25, 0.3) is 0 Å². The van der Waals surface area contributed by atoms with E-state index in [0.717, 1.165) is 37.2 Å². The molecule has 0 bridgehead atoms. The van der Waals surface area contributed by atoms with Crippen molar-refractivity contribution in [3.63, 3.8) is 0 Å². The molecule has 18 heavy (non-hydrogen) atoms. The van der Waals surface area contributed by atoms with Crippen LogP contribution in [0.3, 0.4) is 0 Å². The van der Waals surface area contributed by atoms with E-state index in [1.807, 2.05) is 12.1 Å². The fraction of sp³-hybridized carbons (Fsp3) is 0.571. The number of nitrogen functional groups attached to an aromatic ring is 1. The zero-order valence-corrected chi connectivity index (χ0v) is 11.4. The minimum atomic E-state index is -0.201. The molecule has 0 unspecified atom stereocenters. The molecule has 1 aromatic carbocycles. The van der Waals surface area contributed by atoms with Crippen molar-refractivity contribution in [3.8, 4) is 5.75 Å². The Hall–Kier alpha value is -1.26. The molecule has 0 aliphatic carbocycles. The average Bonchev–Trinajstić information content (AvgIpc) is 2.40. The summed E-state index contributed by atoms with van der Waals surface area (Å²) in [4.78, 5) is 2.32. The second-order valence-electron chi connectivity index (χ2n) is 4.96. The van der Waals surface area contributed by atoms with Crippen LogP contribution in [0.25, 0.3) is 0 Å². The van der Waals surface area contributed by atoms with E-state index in [1.54, 1.807) is 14.2 Å². The van der Waals surface area contributed by atoms with Crippen molar-refractivity contribution in [1.82, 2.24) is 4.90 Å². The van der Waals surface area contributed by atoms with E-state index in [2.05, 4.69) is 18.0 Å². The Kier molecular flexibility index (Phi) is 3.78. The molecule has 100 valence electrons. The van der Waals surface area contributed by atoms with Crippen LogP contribution in [0, 0.1) is 0 Å². The van der Waals surface area contributed by atoms with Gasteiger partial charge in [-0.3, -0.25) is 0 Å². The number of anilines is 1. The Morgan fingerprint density at radius 2 is 1.89 bits per heavy atom. The molecule has 2 N–H and O–H groups in total. The molecular weight excluding hydrogens is 228 g/mol. The molecule has 1 fully saturated rings. The quantitative estimate of drug-likeness (QED) is 0.832. The van der Waals surface area contributed by atoms with E-state index in [9.17, 15) is 0 Å². The van der Waals surface area contributed by atoms with Gasteiger partial charge in [-0.25, -0.2) is 0 Å². The van der Waals surface area contributed by atoms with E-state index < -0.39 is 0 Å². The van der Waals surface area contributed by atoms with Gasteiger partial charge in [0, 0.05) is 20.2 Å². The molecule has 4 nitrogen and oxygen atoms in total. The lowest BCUT2D eigenvalue weighted by molar-refractivity contribution is -0.0584. The summed E-state index contributed by atoms with van der Waals surface area (Å²) in [6.45, 7) is 2.08. The maximum Gasteiger partial charge on any atom is 0.141 e. The summed E-state index contributed by atoms with van der Waals surface area (Å²) in [5.41, 5.74) is 7.61. The van der Waals surface area contributed by atoms with Gasteiger partial charge in [0.2, 0.25) is 0 Å². The second kappa shape index (κ2) is 5.16. The zero-order chi connectivity index (χ0) is 13.2. The van der Waals surface area contributed by atoms with Gasteiger partial charge in [-0.05, 0) is 37.6 Å². The predicted octanol–water partition coefficient (Wildman–Crippen LogP) is 1.84. The Morgan fingerprint density at radius 1 is 1.22 bits per heavy atom. The summed E-state index contributed by atoms with van der Waals surface area (Å²) < 4.78 is 11.0. The number of hydrogen-bond acceptors (Lipinski definition) is 4. The molecule has 1 heterocycles. The molecule has 4 heteroatoms. The van der Waals surface area contributed by atoms with E-state index in [4.69, 9.17) is 15.2 Å². The Morgan fingerprint density at radius 3 is 2.39 bits per heavy atom. The van der Waals surface area contributed by atoms with Crippen LogP contribution in [0.15, 0.2) is 18.2 Å². The van der Waals surface area contributed by atoms with Crippen molar-refractivity contribution in [2.45, 2.75) is 18.4 Å². The van der Waals surface area contributed by atoms with Crippen molar-refractivity contribution >= 4 is 5.69 Å². The van der Waals surface area contributed by atoms with Gasteiger partial charge < -0.3 is 20.1 Å². The summed E-state index contributed by atoms with van der Waals surface area (Å²) in [7, 11) is 5.56. The molecule has 0 saturated carbocycles. The van der Waals surface area contributed by atoms with Crippen LogP contribution in [0.5, 0.6) is 5.75 Å². The minimum absolute atomic E-state index is 0.201. The van der Waals surface area contributed by atoms with Crippen molar-refractivity contribution in [2.75, 3.05) is 40.1 Å². The lowest BCUT2D eigenvalue weighted by Gasteiger charge is -2.40. The fourth-order valence-corrected chi connectivity index (χ4v) is 2.61. The first-order valence-corrected chi connectivity index (χ1v) is 6.29. The summed E-state index contributed by atoms with van der Waals surface area (Å²) in [5, 5.41) is 0. The van der Waals surface area contributed by atoms with Gasteiger partial charge in [0.1, 0.15) is 5.75 Å². The summed E-state index contributed by atoms with van der Waals surface area (Å²) in [6.07, 6.45) is 1.98. The van der Waals surface area contributed by atoms with Crippen molar-refractivity contribution in [1.29, 1.82) is 0 Å². The third-order valence-electron chi connectivity index (χ3n) is 3.94. The average molecular weight is 250 g/mol. The highest BCUT2D eigenvalue weighted by molar-refractivity contribution is 5.55. The first kappa shape index (κ1) is 13.2. The van der Waals surface area contributed by atoms with Crippen molar-refractivity contribution < 1.29 is 9.47 Å². The van der Waals surface area contributed by atoms with Gasteiger partial charge in [0.05, 0.1) is 18.4 Å². The van der Waals surface area contributed by atoms with Crippen molar-refractivity contribution in [2.24, 2.45) is 0 Å². The Bertz CT molecular complexity index is 412. The number of methoxy groups -OCH3 is 2. The molecule has 1 aromatic rings. The lowest BCUT2D eigenvalue weighted by atomic mass is 9.84. The molecule has 1 aliphatic rings. The fourth-order valence-electron chi connectivity index (χ4n) is 2.61. The third kappa shape index (κ3) is 2.31. The van der Waals surface area contributed by atoms with Crippen LogP contribution in [-0.2, 0) is 10.3 Å². The maximum absolute atomic E-state index is 5.99. The van der Waals surface area contributed by atoms with Gasteiger partial charge >= 0.3 is 0 Å². The normalized spacial score (nSPS) is 19.7. The highest BCUT2D eigenvalue weighted by Gasteiger charge is 2.35. The standard InChI is InChI=1S/C14H22N2O2/c1-16-8-6-14(18-3,7-9-16)11-4-5-13(17-2)12(15)10-11/h4-5,10H,6-9,15H2,1-3H3. The molecule has 1 aliphatic heterocycles. The number of nitrogens with two attached hydrogens (primary N) is 1. The zero-order valence-electron chi connectivity index (χ0n) is 11.4. The van der Waals surface area contributed by atoms with Gasteiger partial charge in [-0.1, -0.05) is 6.07 Å². The van der Waals surface area contributed by atoms with Gasteiger partial charge in [-0.2, -0.15) is 0 Å². The largest absolute Gasteiger partial charge is 0.495 e. The molecule has 0 aromatic heterocycles. The van der Waals surface area contributed by atoms with Crippen LogP contribution in [0.4, 0.5) is 5.69 Å². The predicted molar refractivity (Wildman–Crippen MR) is 72.8 cm³/mol. The number of rotatable bonds is 3. The molecule has 1 saturated heterocycles. The Labute approximate surface area is 109 Å². The van der Waals surface area contributed by atoms with Crippen molar-refractivity contribution in [3.05, 3.63) is 23.8 Å². The lowest BCUT2D eigenvalue weighted by Crippen LogP contribution is -2.42. The molecule has 0 atom stereocenters. The number of hydrogen-bond donors (Lipinski definition) is 1. The topological polar surface area (TPSA) is 47.7 Å². The monoisotopic (exact) mass is 250 g/mol. The summed E-state index contributed by atoms with van der Waals surface area (Å²) >= 11 is 0. The van der Waals surface area contributed by atoms with E-state index >= 15 is 0 Å². The van der Waals surface area contributed by atoms with Crippen LogP contribution < -0.4 is 10.5 Å². The number of nitrogens with zero attached hydrogens (tertiary/aromatic N) is 1. The first-order chi connectivity index (χ1) is 8.61. The maximum atomic E-state index is 5.99. The smallest absolute Gasteiger partial charge is 0.141 e. The number of likely N-dealkylation sites (tertiary alicyclic amines) is 1. The third-order valence-corrected chi connectivity index (χ3v) is 3.94. The number of benzene rings is 1. The molecule has 0 spiro atoms. The van der Waals surface area contributed by atoms with E-state index in [-0.39, 0.29) is 5.60 Å². The van der Waals surface area contributed by atoms with Crippen LogP contribution in [0.1, 0.15) is 18.4 Å². The highest BCUT2D eigenvalue weighted by atomic mass is 16.5. The second-order valence-corrected chi connectivity index (χ2v) is 4.96. The summed E-state index contributed by atoms with van der Waals surface area (Å²) in [5.74, 6) is 0.720. The molecule has 2 rings (SSSR count). The van der Waals surface area contributed by atoms with E-state index in [1.165, 1.54) is 0 Å².